The van der Waals surface area contributed by atoms with Gasteiger partial charge in [-0.2, -0.15) is 0 Å². The van der Waals surface area contributed by atoms with E-state index >= 15 is 0 Å². The Hall–Kier alpha value is -7.56. The van der Waals surface area contributed by atoms with Gasteiger partial charge in [-0.05, 0) is 130 Å². The second-order valence-electron chi connectivity index (χ2n) is 14.0. The van der Waals surface area contributed by atoms with Crippen molar-refractivity contribution in [1.82, 2.24) is 9.97 Å². The number of anilines is 6. The van der Waals surface area contributed by atoms with E-state index in [9.17, 15) is 0 Å². The average molecular weight is 717 g/mol. The molecule has 0 aliphatic heterocycles. The van der Waals surface area contributed by atoms with E-state index in [4.69, 9.17) is 0 Å². The number of hydrogen-bond donors (Lipinski definition) is 0. The summed E-state index contributed by atoms with van der Waals surface area (Å²) >= 11 is 0. The number of benzene rings is 8. The van der Waals surface area contributed by atoms with Crippen LogP contribution in [-0.4, -0.2) is 9.97 Å². The molecule has 0 spiro atoms. The van der Waals surface area contributed by atoms with Crippen LogP contribution >= 0.6 is 0 Å². The summed E-state index contributed by atoms with van der Waals surface area (Å²) in [5, 5.41) is 4.61. The highest BCUT2D eigenvalue weighted by molar-refractivity contribution is 5.94. The lowest BCUT2D eigenvalue weighted by Gasteiger charge is -2.29. The van der Waals surface area contributed by atoms with Crippen molar-refractivity contribution in [2.24, 2.45) is 0 Å². The highest BCUT2D eigenvalue weighted by Gasteiger charge is 2.18. The standard InChI is InChI=1S/C52H36N4/c1-3-10-37(11-4-1)41-12-7-17-48(33-41)56(49-24-22-38-18-20-42(32-44(38)34-49)43-21-19-39-13-8-30-53-51(39)35-43)47-28-26-46(27-29-47)55(45-15-5-2-6-16-45)50-25-23-40-14-9-31-54-52(40)36-50/h1-36H. The zero-order valence-electron chi connectivity index (χ0n) is 30.6. The molecule has 0 amide bonds. The van der Waals surface area contributed by atoms with Gasteiger partial charge < -0.3 is 9.80 Å². The third-order valence-corrected chi connectivity index (χ3v) is 10.5. The molecule has 4 nitrogen and oxygen atoms in total. The topological polar surface area (TPSA) is 32.3 Å². The van der Waals surface area contributed by atoms with Crippen molar-refractivity contribution in [3.63, 3.8) is 0 Å². The number of rotatable bonds is 8. The van der Waals surface area contributed by atoms with Crippen LogP contribution in [0.15, 0.2) is 219 Å². The zero-order chi connectivity index (χ0) is 37.3. The minimum Gasteiger partial charge on any atom is -0.310 e. The highest BCUT2D eigenvalue weighted by Crippen LogP contribution is 2.41. The smallest absolute Gasteiger partial charge is 0.0722 e. The van der Waals surface area contributed by atoms with Gasteiger partial charge in [0.15, 0.2) is 0 Å². The summed E-state index contributed by atoms with van der Waals surface area (Å²) in [7, 11) is 0. The van der Waals surface area contributed by atoms with Crippen LogP contribution in [-0.2, 0) is 0 Å². The molecule has 4 heteroatoms. The fraction of sp³-hybridized carbons (Fsp3) is 0. The van der Waals surface area contributed by atoms with Crippen LogP contribution in [0.2, 0.25) is 0 Å². The number of pyridine rings is 2. The zero-order valence-corrected chi connectivity index (χ0v) is 30.6. The fourth-order valence-corrected chi connectivity index (χ4v) is 7.67. The molecule has 10 rings (SSSR count). The van der Waals surface area contributed by atoms with E-state index in [1.807, 2.05) is 24.5 Å². The Balaban J connectivity index is 1.09. The van der Waals surface area contributed by atoms with Crippen molar-refractivity contribution >= 4 is 66.7 Å². The van der Waals surface area contributed by atoms with Gasteiger partial charge in [-0.1, -0.05) is 109 Å². The molecule has 0 fully saturated rings. The van der Waals surface area contributed by atoms with Crippen molar-refractivity contribution in [2.45, 2.75) is 0 Å². The first-order chi connectivity index (χ1) is 27.7. The third-order valence-electron chi connectivity index (χ3n) is 10.5. The van der Waals surface area contributed by atoms with Crippen LogP contribution in [0.1, 0.15) is 0 Å². The second kappa shape index (κ2) is 14.3. The van der Waals surface area contributed by atoms with Gasteiger partial charge in [-0.25, -0.2) is 0 Å². The number of aromatic nitrogens is 2. The van der Waals surface area contributed by atoms with E-state index in [1.165, 1.54) is 16.3 Å². The van der Waals surface area contributed by atoms with E-state index in [0.717, 1.165) is 72.6 Å². The van der Waals surface area contributed by atoms with Crippen LogP contribution in [0.25, 0.3) is 54.8 Å². The first-order valence-electron chi connectivity index (χ1n) is 18.9. The minimum atomic E-state index is 0.962. The quantitative estimate of drug-likeness (QED) is 0.157. The molecule has 56 heavy (non-hydrogen) atoms. The lowest BCUT2D eigenvalue weighted by atomic mass is 9.99. The van der Waals surface area contributed by atoms with Crippen molar-refractivity contribution in [3.8, 4) is 22.3 Å². The van der Waals surface area contributed by atoms with Gasteiger partial charge in [-0.15, -0.1) is 0 Å². The first-order valence-corrected chi connectivity index (χ1v) is 18.9. The van der Waals surface area contributed by atoms with Crippen molar-refractivity contribution in [2.75, 3.05) is 9.80 Å². The summed E-state index contributed by atoms with van der Waals surface area (Å²) in [6, 6.07) is 73.4. The Morgan fingerprint density at radius 3 is 1.43 bits per heavy atom. The van der Waals surface area contributed by atoms with Gasteiger partial charge >= 0.3 is 0 Å². The Kier molecular flexibility index (Phi) is 8.47. The molecule has 8 aromatic carbocycles. The largest absolute Gasteiger partial charge is 0.310 e. The first kappa shape index (κ1) is 33.0. The number of fused-ring (bicyclic) bond motifs is 3. The van der Waals surface area contributed by atoms with Crippen molar-refractivity contribution < 1.29 is 0 Å². The molecule has 0 saturated heterocycles. The predicted molar refractivity (Wildman–Crippen MR) is 235 cm³/mol. The van der Waals surface area contributed by atoms with Gasteiger partial charge in [0.05, 0.1) is 11.0 Å². The molecule has 0 aliphatic rings. The summed E-state index contributed by atoms with van der Waals surface area (Å²) in [5.41, 5.74) is 13.0. The maximum atomic E-state index is 4.67. The maximum absolute atomic E-state index is 4.67. The summed E-state index contributed by atoms with van der Waals surface area (Å²) in [6.07, 6.45) is 3.70. The molecule has 2 aromatic heterocycles. The van der Waals surface area contributed by atoms with E-state index < -0.39 is 0 Å². The molecule has 0 N–H and O–H groups in total. The second-order valence-corrected chi connectivity index (χ2v) is 14.0. The van der Waals surface area contributed by atoms with E-state index in [0.29, 0.717) is 0 Å². The maximum Gasteiger partial charge on any atom is 0.0722 e. The van der Waals surface area contributed by atoms with E-state index in [2.05, 4.69) is 214 Å². The summed E-state index contributed by atoms with van der Waals surface area (Å²) in [5.74, 6) is 0. The van der Waals surface area contributed by atoms with Gasteiger partial charge in [0.25, 0.3) is 0 Å². The number of hydrogen-bond acceptors (Lipinski definition) is 4. The Morgan fingerprint density at radius 2 is 0.714 bits per heavy atom. The normalized spacial score (nSPS) is 11.2. The highest BCUT2D eigenvalue weighted by atomic mass is 15.2. The van der Waals surface area contributed by atoms with Crippen LogP contribution < -0.4 is 9.80 Å². The van der Waals surface area contributed by atoms with Gasteiger partial charge in [0.2, 0.25) is 0 Å². The molecule has 264 valence electrons. The van der Waals surface area contributed by atoms with Crippen LogP contribution in [0, 0.1) is 0 Å². The molecule has 0 aliphatic carbocycles. The number of nitrogens with zero attached hydrogens (tertiary/aromatic N) is 4. The SMILES string of the molecule is c1ccc(-c2cccc(N(c3ccc(N(c4ccccc4)c4ccc5cccnc5c4)cc3)c3ccc4ccc(-c5ccc6cccnc6c5)cc4c3)c2)cc1. The predicted octanol–water partition coefficient (Wildman–Crippen LogP) is 14.2. The lowest BCUT2D eigenvalue weighted by molar-refractivity contribution is 1.26. The number of para-hydroxylation sites is 1. The molecule has 0 atom stereocenters. The van der Waals surface area contributed by atoms with Crippen molar-refractivity contribution in [1.29, 1.82) is 0 Å². The van der Waals surface area contributed by atoms with Gasteiger partial charge in [0, 0.05) is 57.3 Å². The lowest BCUT2D eigenvalue weighted by Crippen LogP contribution is -2.12. The van der Waals surface area contributed by atoms with Crippen LogP contribution in [0.4, 0.5) is 34.1 Å². The molecular formula is C52H36N4. The van der Waals surface area contributed by atoms with Gasteiger partial charge in [-0.3, -0.25) is 9.97 Å². The van der Waals surface area contributed by atoms with E-state index in [1.54, 1.807) is 0 Å². The monoisotopic (exact) mass is 716 g/mol. The molecule has 0 unspecified atom stereocenters. The molecule has 0 bridgehead atoms. The fourth-order valence-electron chi connectivity index (χ4n) is 7.67. The molecule has 0 radical (unpaired) electrons. The van der Waals surface area contributed by atoms with Crippen LogP contribution in [0.5, 0.6) is 0 Å². The van der Waals surface area contributed by atoms with Crippen molar-refractivity contribution in [3.05, 3.63) is 219 Å². The van der Waals surface area contributed by atoms with Crippen LogP contribution in [0.3, 0.4) is 0 Å². The summed E-state index contributed by atoms with van der Waals surface area (Å²) in [6.45, 7) is 0. The summed E-state index contributed by atoms with van der Waals surface area (Å²) < 4.78 is 0. The summed E-state index contributed by atoms with van der Waals surface area (Å²) in [4.78, 5) is 13.9. The minimum absolute atomic E-state index is 0.962. The molecule has 10 aromatic rings. The third kappa shape index (κ3) is 6.40. The molecule has 0 saturated carbocycles. The Morgan fingerprint density at radius 1 is 0.250 bits per heavy atom. The molecular weight excluding hydrogens is 681 g/mol. The Bertz CT molecular complexity index is 2980. The Labute approximate surface area is 326 Å². The average Bonchev–Trinajstić information content (AvgIpc) is 3.27. The van der Waals surface area contributed by atoms with E-state index in [-0.39, 0.29) is 0 Å². The van der Waals surface area contributed by atoms with Gasteiger partial charge in [0.1, 0.15) is 0 Å². The molecule has 2 heterocycles.